The van der Waals surface area contributed by atoms with Gasteiger partial charge in [-0.15, -0.1) is 0 Å². The quantitative estimate of drug-likeness (QED) is 0.502. The standard InChI is InChI=1S/C12H22N2O4/c1-2-8-13-11(16)7-9-14-10(15)5-3-4-6-12(17)18/h2-9H2,1H3,(H,13,16)(H,14,15)(H,17,18). The van der Waals surface area contributed by atoms with Crippen LogP contribution in [0.25, 0.3) is 0 Å². The van der Waals surface area contributed by atoms with Crippen LogP contribution in [0.5, 0.6) is 0 Å². The first-order valence-corrected chi connectivity index (χ1v) is 6.31. The fourth-order valence-electron chi connectivity index (χ4n) is 1.32. The van der Waals surface area contributed by atoms with Crippen molar-refractivity contribution >= 4 is 17.8 Å². The van der Waals surface area contributed by atoms with Crippen LogP contribution < -0.4 is 10.6 Å². The first-order valence-electron chi connectivity index (χ1n) is 6.31. The minimum atomic E-state index is -0.844. The van der Waals surface area contributed by atoms with Gasteiger partial charge in [0, 0.05) is 32.4 Å². The maximum atomic E-state index is 11.3. The molecule has 18 heavy (non-hydrogen) atoms. The van der Waals surface area contributed by atoms with E-state index in [1.165, 1.54) is 0 Å². The molecule has 0 heterocycles. The van der Waals surface area contributed by atoms with Crippen molar-refractivity contribution in [1.82, 2.24) is 10.6 Å². The van der Waals surface area contributed by atoms with E-state index in [2.05, 4.69) is 10.6 Å². The Morgan fingerprint density at radius 2 is 1.44 bits per heavy atom. The number of carbonyl (C=O) groups is 3. The Labute approximate surface area is 107 Å². The zero-order valence-electron chi connectivity index (χ0n) is 10.8. The van der Waals surface area contributed by atoms with Gasteiger partial charge in [-0.05, 0) is 19.3 Å². The van der Waals surface area contributed by atoms with Crippen LogP contribution in [0.4, 0.5) is 0 Å². The second-order valence-corrected chi connectivity index (χ2v) is 4.05. The zero-order valence-corrected chi connectivity index (χ0v) is 10.8. The Bertz CT molecular complexity index is 279. The topological polar surface area (TPSA) is 95.5 Å². The third-order valence-corrected chi connectivity index (χ3v) is 2.29. The largest absolute Gasteiger partial charge is 0.481 e. The van der Waals surface area contributed by atoms with E-state index in [-0.39, 0.29) is 24.7 Å². The maximum absolute atomic E-state index is 11.3. The number of carboxylic acids is 1. The maximum Gasteiger partial charge on any atom is 0.303 e. The van der Waals surface area contributed by atoms with Crippen molar-refractivity contribution in [3.05, 3.63) is 0 Å². The average molecular weight is 258 g/mol. The monoisotopic (exact) mass is 258 g/mol. The summed E-state index contributed by atoms with van der Waals surface area (Å²) in [7, 11) is 0. The molecule has 0 aromatic carbocycles. The summed E-state index contributed by atoms with van der Waals surface area (Å²) in [4.78, 5) is 32.7. The molecule has 104 valence electrons. The Kier molecular flexibility index (Phi) is 9.62. The number of hydrogen-bond donors (Lipinski definition) is 3. The summed E-state index contributed by atoms with van der Waals surface area (Å²) in [5.74, 6) is -1.05. The average Bonchev–Trinajstić information content (AvgIpc) is 2.32. The van der Waals surface area contributed by atoms with Crippen LogP contribution in [0.3, 0.4) is 0 Å². The summed E-state index contributed by atoms with van der Waals surface area (Å²) in [6.45, 7) is 2.95. The lowest BCUT2D eigenvalue weighted by Gasteiger charge is -2.05. The summed E-state index contributed by atoms with van der Waals surface area (Å²) in [5, 5.41) is 13.8. The van der Waals surface area contributed by atoms with Crippen molar-refractivity contribution in [2.24, 2.45) is 0 Å². The van der Waals surface area contributed by atoms with Crippen LogP contribution in [0, 0.1) is 0 Å². The van der Waals surface area contributed by atoms with Crippen molar-refractivity contribution in [2.45, 2.75) is 45.4 Å². The molecule has 0 spiro atoms. The number of unbranched alkanes of at least 4 members (excludes halogenated alkanes) is 1. The molecule has 6 nitrogen and oxygen atoms in total. The number of amides is 2. The molecule has 0 bridgehead atoms. The summed E-state index contributed by atoms with van der Waals surface area (Å²) >= 11 is 0. The van der Waals surface area contributed by atoms with Crippen LogP contribution in [-0.2, 0) is 14.4 Å². The molecule has 0 saturated heterocycles. The second-order valence-electron chi connectivity index (χ2n) is 4.05. The van der Waals surface area contributed by atoms with E-state index in [9.17, 15) is 14.4 Å². The lowest BCUT2D eigenvalue weighted by Crippen LogP contribution is -2.30. The normalized spacial score (nSPS) is 9.83. The van der Waals surface area contributed by atoms with Crippen molar-refractivity contribution in [2.75, 3.05) is 13.1 Å². The van der Waals surface area contributed by atoms with Gasteiger partial charge in [-0.2, -0.15) is 0 Å². The summed E-state index contributed by atoms with van der Waals surface area (Å²) in [5.41, 5.74) is 0. The van der Waals surface area contributed by atoms with E-state index in [1.807, 2.05) is 6.92 Å². The lowest BCUT2D eigenvalue weighted by molar-refractivity contribution is -0.137. The van der Waals surface area contributed by atoms with Crippen LogP contribution in [0.15, 0.2) is 0 Å². The van der Waals surface area contributed by atoms with E-state index >= 15 is 0 Å². The van der Waals surface area contributed by atoms with E-state index in [0.29, 0.717) is 32.4 Å². The number of carboxylic acid groups (broad SMARTS) is 1. The first-order chi connectivity index (χ1) is 8.56. The van der Waals surface area contributed by atoms with E-state index < -0.39 is 5.97 Å². The van der Waals surface area contributed by atoms with Gasteiger partial charge in [-0.3, -0.25) is 14.4 Å². The van der Waals surface area contributed by atoms with Gasteiger partial charge in [-0.25, -0.2) is 0 Å². The molecule has 0 fully saturated rings. The summed E-state index contributed by atoms with van der Waals surface area (Å²) < 4.78 is 0. The highest BCUT2D eigenvalue weighted by molar-refractivity contribution is 5.78. The molecule has 0 unspecified atom stereocenters. The lowest BCUT2D eigenvalue weighted by atomic mass is 10.2. The Morgan fingerprint density at radius 1 is 0.889 bits per heavy atom. The number of carbonyl (C=O) groups excluding carboxylic acids is 2. The number of hydrogen-bond acceptors (Lipinski definition) is 3. The summed E-state index contributed by atoms with van der Waals surface area (Å²) in [6, 6.07) is 0. The van der Waals surface area contributed by atoms with Gasteiger partial charge in [-0.1, -0.05) is 6.92 Å². The molecule has 2 amide bonds. The number of aliphatic carboxylic acids is 1. The van der Waals surface area contributed by atoms with Crippen LogP contribution >= 0.6 is 0 Å². The smallest absolute Gasteiger partial charge is 0.303 e. The highest BCUT2D eigenvalue weighted by Crippen LogP contribution is 1.99. The molecule has 0 aliphatic rings. The minimum absolute atomic E-state index is 0.0666. The molecule has 3 N–H and O–H groups in total. The molecule has 0 rings (SSSR count). The van der Waals surface area contributed by atoms with Crippen LogP contribution in [0.1, 0.15) is 45.4 Å². The van der Waals surface area contributed by atoms with Crippen molar-refractivity contribution in [1.29, 1.82) is 0 Å². The third-order valence-electron chi connectivity index (χ3n) is 2.29. The highest BCUT2D eigenvalue weighted by atomic mass is 16.4. The van der Waals surface area contributed by atoms with Crippen LogP contribution in [-0.4, -0.2) is 36.0 Å². The van der Waals surface area contributed by atoms with Gasteiger partial charge in [0.15, 0.2) is 0 Å². The molecule has 0 atom stereocenters. The zero-order chi connectivity index (χ0) is 13.8. The number of rotatable bonds is 10. The Balaban J connectivity index is 3.42. The van der Waals surface area contributed by atoms with E-state index in [4.69, 9.17) is 5.11 Å². The molecule has 0 aromatic heterocycles. The highest BCUT2D eigenvalue weighted by Gasteiger charge is 2.04. The fraction of sp³-hybridized carbons (Fsp3) is 0.750. The van der Waals surface area contributed by atoms with Crippen molar-refractivity contribution in [3.8, 4) is 0 Å². The molecule has 0 aliphatic carbocycles. The fourth-order valence-corrected chi connectivity index (χ4v) is 1.32. The van der Waals surface area contributed by atoms with Gasteiger partial charge in [0.05, 0.1) is 0 Å². The molecule has 0 saturated carbocycles. The van der Waals surface area contributed by atoms with E-state index in [1.54, 1.807) is 0 Å². The Hall–Kier alpha value is -1.59. The SMILES string of the molecule is CCCNC(=O)CCNC(=O)CCCCC(=O)O. The van der Waals surface area contributed by atoms with Gasteiger partial charge >= 0.3 is 5.97 Å². The molecule has 0 aromatic rings. The van der Waals surface area contributed by atoms with Gasteiger partial charge in [0.2, 0.25) is 11.8 Å². The van der Waals surface area contributed by atoms with Gasteiger partial charge < -0.3 is 15.7 Å². The molecule has 0 aliphatic heterocycles. The minimum Gasteiger partial charge on any atom is -0.481 e. The predicted molar refractivity (Wildman–Crippen MR) is 67.0 cm³/mol. The van der Waals surface area contributed by atoms with Crippen molar-refractivity contribution in [3.63, 3.8) is 0 Å². The van der Waals surface area contributed by atoms with Gasteiger partial charge in [0.25, 0.3) is 0 Å². The number of nitrogens with one attached hydrogen (secondary N) is 2. The second kappa shape index (κ2) is 10.6. The Morgan fingerprint density at radius 3 is 2.06 bits per heavy atom. The summed E-state index contributed by atoms with van der Waals surface area (Å²) in [6.07, 6.45) is 2.62. The van der Waals surface area contributed by atoms with Gasteiger partial charge in [0.1, 0.15) is 0 Å². The first kappa shape index (κ1) is 16.4. The predicted octanol–water partition coefficient (Wildman–Crippen LogP) is 0.664. The van der Waals surface area contributed by atoms with Crippen LogP contribution in [0.2, 0.25) is 0 Å². The molecule has 0 radical (unpaired) electrons. The molecular weight excluding hydrogens is 236 g/mol. The molecule has 6 heteroatoms. The van der Waals surface area contributed by atoms with Crippen molar-refractivity contribution < 1.29 is 19.5 Å². The molecular formula is C12H22N2O4. The van der Waals surface area contributed by atoms with E-state index in [0.717, 1.165) is 6.42 Å². The third kappa shape index (κ3) is 10.9.